The molecule has 3 rings (SSSR count). The van der Waals surface area contributed by atoms with Crippen molar-refractivity contribution in [2.75, 3.05) is 0 Å². The Labute approximate surface area is 126 Å². The van der Waals surface area contributed by atoms with Crippen molar-refractivity contribution < 1.29 is 0 Å². The first-order valence-electron chi connectivity index (χ1n) is 6.50. The molecule has 22 heavy (non-hydrogen) atoms. The summed E-state index contributed by atoms with van der Waals surface area (Å²) < 4.78 is 0. The van der Waals surface area contributed by atoms with Gasteiger partial charge in [0.15, 0.2) is 0 Å². The lowest BCUT2D eigenvalue weighted by Crippen LogP contribution is -1.81. The van der Waals surface area contributed by atoms with Crippen LogP contribution in [0.4, 0.5) is 5.69 Å². The maximum atomic E-state index is 9.46. The molecule has 0 fully saturated rings. The molecular formula is C16H10N6. The molecule has 0 aliphatic carbocycles. The second kappa shape index (κ2) is 5.83. The summed E-state index contributed by atoms with van der Waals surface area (Å²) in [6.07, 6.45) is 6.92. The number of nitriles is 1. The lowest BCUT2D eigenvalue weighted by atomic mass is 10.0. The zero-order valence-electron chi connectivity index (χ0n) is 11.4. The zero-order valence-corrected chi connectivity index (χ0v) is 11.4. The molecule has 6 heteroatoms. The molecule has 0 atom stereocenters. The molecule has 2 heterocycles. The summed E-state index contributed by atoms with van der Waals surface area (Å²) in [4.78, 5) is 9.94. The summed E-state index contributed by atoms with van der Waals surface area (Å²) in [6, 6.07) is 11.2. The van der Waals surface area contributed by atoms with Gasteiger partial charge in [-0.2, -0.15) is 5.26 Å². The van der Waals surface area contributed by atoms with Gasteiger partial charge in [0, 0.05) is 45.7 Å². The predicted molar refractivity (Wildman–Crippen MR) is 84.8 cm³/mol. The molecule has 0 aliphatic rings. The highest BCUT2D eigenvalue weighted by Gasteiger charge is 2.09. The average molecular weight is 286 g/mol. The van der Waals surface area contributed by atoms with Gasteiger partial charge in [0.1, 0.15) is 0 Å². The summed E-state index contributed by atoms with van der Waals surface area (Å²) >= 11 is 0. The lowest BCUT2D eigenvalue weighted by Gasteiger charge is -1.99. The fourth-order valence-electron chi connectivity index (χ4n) is 2.24. The van der Waals surface area contributed by atoms with Crippen LogP contribution in [0, 0.1) is 11.3 Å². The van der Waals surface area contributed by atoms with Gasteiger partial charge in [-0.25, -0.2) is 0 Å². The van der Waals surface area contributed by atoms with Crippen LogP contribution >= 0.6 is 0 Å². The van der Waals surface area contributed by atoms with E-state index >= 15 is 0 Å². The summed E-state index contributed by atoms with van der Waals surface area (Å²) in [5.41, 5.74) is 12.0. The van der Waals surface area contributed by atoms with E-state index in [1.807, 2.05) is 18.2 Å². The molecule has 1 aromatic carbocycles. The van der Waals surface area contributed by atoms with Crippen molar-refractivity contribution in [2.45, 2.75) is 0 Å². The van der Waals surface area contributed by atoms with Crippen LogP contribution in [0.1, 0.15) is 11.1 Å². The van der Waals surface area contributed by atoms with Crippen LogP contribution in [0.15, 0.2) is 54.0 Å². The number of aromatic nitrogens is 2. The third-order valence-corrected chi connectivity index (χ3v) is 3.23. The molecule has 0 saturated carbocycles. The number of benzene rings is 1. The van der Waals surface area contributed by atoms with Gasteiger partial charge in [-0.3, -0.25) is 4.98 Å². The van der Waals surface area contributed by atoms with Crippen molar-refractivity contribution in [3.05, 3.63) is 70.5 Å². The van der Waals surface area contributed by atoms with E-state index in [1.54, 1.807) is 36.8 Å². The summed E-state index contributed by atoms with van der Waals surface area (Å²) in [6.45, 7) is 0. The van der Waals surface area contributed by atoms with Crippen molar-refractivity contribution >= 4 is 28.2 Å². The van der Waals surface area contributed by atoms with Crippen molar-refractivity contribution in [1.29, 1.82) is 5.26 Å². The van der Waals surface area contributed by atoms with E-state index in [2.05, 4.69) is 26.1 Å². The first kappa shape index (κ1) is 13.4. The van der Waals surface area contributed by atoms with Crippen LogP contribution in [-0.4, -0.2) is 9.97 Å². The SMILES string of the molecule is N#C/C(=C\c1cccnc1)c1c[nH]c2ccc(N=[N+]=[N-])cc12. The van der Waals surface area contributed by atoms with E-state index in [9.17, 15) is 5.26 Å². The first-order valence-corrected chi connectivity index (χ1v) is 6.50. The third kappa shape index (κ3) is 2.52. The number of rotatable bonds is 3. The Morgan fingerprint density at radius 1 is 1.41 bits per heavy atom. The molecule has 6 nitrogen and oxygen atoms in total. The number of hydrogen-bond donors (Lipinski definition) is 1. The van der Waals surface area contributed by atoms with Gasteiger partial charge in [-0.15, -0.1) is 0 Å². The molecule has 0 saturated heterocycles. The minimum absolute atomic E-state index is 0.509. The van der Waals surface area contributed by atoms with Gasteiger partial charge >= 0.3 is 0 Å². The van der Waals surface area contributed by atoms with Crippen molar-refractivity contribution in [3.8, 4) is 6.07 Å². The molecule has 3 aromatic rings. The number of H-pyrrole nitrogens is 1. The van der Waals surface area contributed by atoms with Crippen LogP contribution in [0.2, 0.25) is 0 Å². The number of allylic oxidation sites excluding steroid dienone is 1. The maximum Gasteiger partial charge on any atom is 0.0998 e. The van der Waals surface area contributed by atoms with Gasteiger partial charge in [-0.1, -0.05) is 17.2 Å². The minimum atomic E-state index is 0.509. The quantitative estimate of drug-likeness (QED) is 0.330. The predicted octanol–water partition coefficient (Wildman–Crippen LogP) is 4.57. The fourth-order valence-corrected chi connectivity index (χ4v) is 2.24. The minimum Gasteiger partial charge on any atom is -0.361 e. The number of aromatic amines is 1. The molecule has 0 spiro atoms. The van der Waals surface area contributed by atoms with Gasteiger partial charge in [0.2, 0.25) is 0 Å². The van der Waals surface area contributed by atoms with Crippen LogP contribution in [0.3, 0.4) is 0 Å². The highest BCUT2D eigenvalue weighted by atomic mass is 15.1. The van der Waals surface area contributed by atoms with Crippen molar-refractivity contribution in [2.24, 2.45) is 5.11 Å². The van der Waals surface area contributed by atoms with E-state index in [1.165, 1.54) is 0 Å². The molecule has 0 radical (unpaired) electrons. The number of hydrogen-bond acceptors (Lipinski definition) is 3. The molecular weight excluding hydrogens is 276 g/mol. The van der Waals surface area contributed by atoms with E-state index in [-0.39, 0.29) is 0 Å². The Bertz CT molecular complexity index is 940. The van der Waals surface area contributed by atoms with E-state index < -0.39 is 0 Å². The maximum absolute atomic E-state index is 9.46. The smallest absolute Gasteiger partial charge is 0.0998 e. The largest absolute Gasteiger partial charge is 0.361 e. The zero-order chi connectivity index (χ0) is 15.4. The van der Waals surface area contributed by atoms with E-state index in [0.29, 0.717) is 11.3 Å². The second-order valence-electron chi connectivity index (χ2n) is 4.58. The molecule has 0 amide bonds. The third-order valence-electron chi connectivity index (χ3n) is 3.23. The normalized spacial score (nSPS) is 11.0. The Morgan fingerprint density at radius 3 is 3.05 bits per heavy atom. The molecule has 0 bridgehead atoms. The van der Waals surface area contributed by atoms with E-state index in [0.717, 1.165) is 22.0 Å². The van der Waals surface area contributed by atoms with E-state index in [4.69, 9.17) is 5.53 Å². The lowest BCUT2D eigenvalue weighted by molar-refractivity contribution is 1.32. The standard InChI is InChI=1S/C16H10N6/c17-8-12(6-11-2-1-5-19-9-11)15-10-20-16-4-3-13(21-22-18)7-14(15)16/h1-7,9-10,20H/b12-6+. The summed E-state index contributed by atoms with van der Waals surface area (Å²) in [5.74, 6) is 0. The number of nitrogens with one attached hydrogen (secondary N) is 1. The highest BCUT2D eigenvalue weighted by Crippen LogP contribution is 2.29. The van der Waals surface area contributed by atoms with Gasteiger partial charge in [0.25, 0.3) is 0 Å². The van der Waals surface area contributed by atoms with Gasteiger partial charge < -0.3 is 4.98 Å². The number of nitrogens with zero attached hydrogens (tertiary/aromatic N) is 5. The number of pyridine rings is 1. The van der Waals surface area contributed by atoms with Crippen molar-refractivity contribution in [1.82, 2.24) is 9.97 Å². The second-order valence-corrected chi connectivity index (χ2v) is 4.58. The monoisotopic (exact) mass is 286 g/mol. The van der Waals surface area contributed by atoms with Crippen LogP contribution in [-0.2, 0) is 0 Å². The first-order chi connectivity index (χ1) is 10.8. The Balaban J connectivity index is 2.15. The number of azide groups is 1. The molecule has 0 aliphatic heterocycles. The average Bonchev–Trinajstić information content (AvgIpc) is 2.97. The Kier molecular flexibility index (Phi) is 3.56. The summed E-state index contributed by atoms with van der Waals surface area (Å²) in [5, 5.41) is 13.9. The van der Waals surface area contributed by atoms with Gasteiger partial charge in [0.05, 0.1) is 11.6 Å². The Morgan fingerprint density at radius 2 is 2.32 bits per heavy atom. The van der Waals surface area contributed by atoms with Crippen LogP contribution in [0.5, 0.6) is 0 Å². The Hall–Kier alpha value is -3.55. The number of fused-ring (bicyclic) bond motifs is 1. The summed E-state index contributed by atoms with van der Waals surface area (Å²) in [7, 11) is 0. The highest BCUT2D eigenvalue weighted by molar-refractivity contribution is 6.01. The van der Waals surface area contributed by atoms with Gasteiger partial charge in [-0.05, 0) is 35.4 Å². The topological polar surface area (TPSA) is 101 Å². The molecule has 104 valence electrons. The van der Waals surface area contributed by atoms with Crippen LogP contribution in [0.25, 0.3) is 33.0 Å². The molecule has 2 aromatic heterocycles. The molecule has 1 N–H and O–H groups in total. The fraction of sp³-hybridized carbons (Fsp3) is 0. The van der Waals surface area contributed by atoms with Crippen LogP contribution < -0.4 is 0 Å². The van der Waals surface area contributed by atoms with Crippen molar-refractivity contribution in [3.63, 3.8) is 0 Å². The molecule has 0 unspecified atom stereocenters.